The second kappa shape index (κ2) is 9.14. The highest BCUT2D eigenvalue weighted by atomic mass is 32.1. The molecule has 0 spiro atoms. The molecule has 0 bridgehead atoms. The van der Waals surface area contributed by atoms with Crippen LogP contribution < -0.4 is 4.90 Å². The summed E-state index contributed by atoms with van der Waals surface area (Å²) in [5.41, 5.74) is 6.36. The Labute approximate surface area is 176 Å². The fraction of sp³-hybridized carbons (Fsp3) is 0.292. The number of hydrogen-bond acceptors (Lipinski definition) is 4. The number of benzene rings is 2. The van der Waals surface area contributed by atoms with E-state index >= 15 is 0 Å². The maximum Gasteiger partial charge on any atom is 0.409 e. The van der Waals surface area contributed by atoms with Crippen molar-refractivity contribution < 1.29 is 9.53 Å². The second-order valence-corrected chi connectivity index (χ2v) is 8.15. The van der Waals surface area contributed by atoms with Gasteiger partial charge in [-0.15, -0.1) is 0 Å². The standard InChI is InChI=1S/C24H26N2O2S/c1-25(24(27)28-17-19-13-16-29-18-19)14-6-15-26-22-9-4-2-7-20(22)11-12-21-8-3-5-10-23(21)26/h2-5,7-10,13,16,18H,6,11-12,14-15,17H2,1H3. The lowest BCUT2D eigenvalue weighted by Crippen LogP contribution is -2.31. The van der Waals surface area contributed by atoms with Gasteiger partial charge in [0.2, 0.25) is 0 Å². The number of amides is 1. The van der Waals surface area contributed by atoms with Gasteiger partial charge in [0.25, 0.3) is 0 Å². The summed E-state index contributed by atoms with van der Waals surface area (Å²) in [7, 11) is 1.81. The maximum absolute atomic E-state index is 12.3. The van der Waals surface area contributed by atoms with Crippen LogP contribution >= 0.6 is 11.3 Å². The monoisotopic (exact) mass is 406 g/mol. The van der Waals surface area contributed by atoms with Gasteiger partial charge in [0.15, 0.2) is 0 Å². The van der Waals surface area contributed by atoms with Crippen molar-refractivity contribution in [1.82, 2.24) is 4.90 Å². The van der Waals surface area contributed by atoms with Gasteiger partial charge in [-0.1, -0.05) is 36.4 Å². The van der Waals surface area contributed by atoms with E-state index < -0.39 is 0 Å². The number of ether oxygens (including phenoxy) is 1. The number of carbonyl (C=O) groups excluding carboxylic acids is 1. The zero-order valence-electron chi connectivity index (χ0n) is 16.7. The molecule has 0 unspecified atom stereocenters. The van der Waals surface area contributed by atoms with Crippen molar-refractivity contribution in [2.75, 3.05) is 25.0 Å². The van der Waals surface area contributed by atoms with Crippen LogP contribution in [0.4, 0.5) is 16.2 Å². The van der Waals surface area contributed by atoms with Crippen molar-refractivity contribution in [3.8, 4) is 0 Å². The van der Waals surface area contributed by atoms with Gasteiger partial charge in [-0.3, -0.25) is 0 Å². The number of para-hydroxylation sites is 2. The molecule has 5 heteroatoms. The van der Waals surface area contributed by atoms with Crippen molar-refractivity contribution in [1.29, 1.82) is 0 Å². The molecule has 0 radical (unpaired) electrons. The Bertz CT molecular complexity index is 908. The third-order valence-electron chi connectivity index (χ3n) is 5.36. The van der Waals surface area contributed by atoms with E-state index in [0.717, 1.165) is 31.4 Å². The number of nitrogens with zero attached hydrogens (tertiary/aromatic N) is 2. The van der Waals surface area contributed by atoms with Crippen LogP contribution in [0.1, 0.15) is 23.1 Å². The summed E-state index contributed by atoms with van der Waals surface area (Å²) in [5.74, 6) is 0. The van der Waals surface area contributed by atoms with Crippen LogP contribution in [0.2, 0.25) is 0 Å². The van der Waals surface area contributed by atoms with E-state index in [1.165, 1.54) is 22.5 Å². The molecule has 1 aliphatic rings. The highest BCUT2D eigenvalue weighted by molar-refractivity contribution is 7.07. The van der Waals surface area contributed by atoms with E-state index in [0.29, 0.717) is 13.2 Å². The molecule has 29 heavy (non-hydrogen) atoms. The van der Waals surface area contributed by atoms with Gasteiger partial charge >= 0.3 is 6.09 Å². The Morgan fingerprint density at radius 3 is 2.31 bits per heavy atom. The Morgan fingerprint density at radius 2 is 1.69 bits per heavy atom. The maximum atomic E-state index is 12.3. The van der Waals surface area contributed by atoms with E-state index in [4.69, 9.17) is 4.74 Å². The third kappa shape index (κ3) is 4.62. The van der Waals surface area contributed by atoms with Crippen molar-refractivity contribution >= 4 is 28.8 Å². The molecule has 1 aromatic heterocycles. The van der Waals surface area contributed by atoms with Gasteiger partial charge in [0.05, 0.1) is 0 Å². The third-order valence-corrected chi connectivity index (χ3v) is 6.09. The van der Waals surface area contributed by atoms with E-state index in [1.54, 1.807) is 23.3 Å². The minimum atomic E-state index is -0.270. The molecule has 0 N–H and O–H groups in total. The summed E-state index contributed by atoms with van der Waals surface area (Å²) in [6, 6.07) is 19.3. The zero-order valence-corrected chi connectivity index (χ0v) is 17.5. The summed E-state index contributed by atoms with van der Waals surface area (Å²) in [5, 5.41) is 3.99. The van der Waals surface area contributed by atoms with E-state index in [-0.39, 0.29) is 6.09 Å². The van der Waals surface area contributed by atoms with Gasteiger partial charge in [0.1, 0.15) is 6.61 Å². The van der Waals surface area contributed by atoms with E-state index in [2.05, 4.69) is 53.4 Å². The molecule has 0 saturated carbocycles. The van der Waals surface area contributed by atoms with Gasteiger partial charge in [-0.2, -0.15) is 11.3 Å². The van der Waals surface area contributed by atoms with Crippen molar-refractivity contribution in [2.24, 2.45) is 0 Å². The largest absolute Gasteiger partial charge is 0.445 e. The number of carbonyl (C=O) groups is 1. The number of thiophene rings is 1. The lowest BCUT2D eigenvalue weighted by Gasteiger charge is -2.28. The molecule has 150 valence electrons. The highest BCUT2D eigenvalue weighted by Gasteiger charge is 2.20. The van der Waals surface area contributed by atoms with Crippen molar-refractivity contribution in [2.45, 2.75) is 25.9 Å². The Hall–Kier alpha value is -2.79. The minimum Gasteiger partial charge on any atom is -0.445 e. The first-order valence-corrected chi connectivity index (χ1v) is 11.0. The SMILES string of the molecule is CN(CCCN1c2ccccc2CCc2ccccc21)C(=O)OCc1ccsc1. The molecule has 1 amide bonds. The number of anilines is 2. The molecular formula is C24H26N2O2S. The Morgan fingerprint density at radius 1 is 1.03 bits per heavy atom. The predicted octanol–water partition coefficient (Wildman–Crippen LogP) is 5.64. The average molecular weight is 407 g/mol. The van der Waals surface area contributed by atoms with E-state index in [9.17, 15) is 4.79 Å². The number of hydrogen-bond donors (Lipinski definition) is 0. The molecule has 4 nitrogen and oxygen atoms in total. The van der Waals surface area contributed by atoms with Crippen molar-refractivity contribution in [3.05, 3.63) is 82.0 Å². The summed E-state index contributed by atoms with van der Waals surface area (Å²) < 4.78 is 5.40. The van der Waals surface area contributed by atoms with Crippen LogP contribution in [0, 0.1) is 0 Å². The summed E-state index contributed by atoms with van der Waals surface area (Å²) in [4.78, 5) is 16.3. The topological polar surface area (TPSA) is 32.8 Å². The smallest absolute Gasteiger partial charge is 0.409 e. The molecule has 0 atom stereocenters. The number of fused-ring (bicyclic) bond motifs is 2. The van der Waals surface area contributed by atoms with Gasteiger partial charge in [-0.25, -0.2) is 4.79 Å². The lowest BCUT2D eigenvalue weighted by molar-refractivity contribution is 0.105. The molecule has 2 aromatic carbocycles. The van der Waals surface area contributed by atoms with Crippen molar-refractivity contribution in [3.63, 3.8) is 0 Å². The predicted molar refractivity (Wildman–Crippen MR) is 119 cm³/mol. The normalized spacial score (nSPS) is 12.7. The Balaban J connectivity index is 1.39. The first-order chi connectivity index (χ1) is 14.2. The van der Waals surface area contributed by atoms with E-state index in [1.807, 2.05) is 16.8 Å². The molecule has 4 rings (SSSR count). The van der Waals surface area contributed by atoms with Crippen LogP contribution in [0.15, 0.2) is 65.4 Å². The molecule has 2 heterocycles. The zero-order chi connectivity index (χ0) is 20.1. The lowest BCUT2D eigenvalue weighted by atomic mass is 10.0. The van der Waals surface area contributed by atoms with Crippen LogP contribution in [0.5, 0.6) is 0 Å². The number of rotatable bonds is 6. The van der Waals surface area contributed by atoms with Gasteiger partial charge in [-0.05, 0) is 59.3 Å². The molecule has 0 saturated heterocycles. The highest BCUT2D eigenvalue weighted by Crippen LogP contribution is 2.35. The molecule has 3 aromatic rings. The quantitative estimate of drug-likeness (QED) is 0.531. The average Bonchev–Trinajstić information content (AvgIpc) is 3.22. The van der Waals surface area contributed by atoms with Gasteiger partial charge in [0, 0.05) is 37.1 Å². The summed E-state index contributed by atoms with van der Waals surface area (Å²) >= 11 is 1.61. The van der Waals surface area contributed by atoms with Crippen LogP contribution in [0.3, 0.4) is 0 Å². The fourth-order valence-electron chi connectivity index (χ4n) is 3.80. The molecule has 1 aliphatic heterocycles. The number of aryl methyl sites for hydroxylation is 2. The minimum absolute atomic E-state index is 0.270. The fourth-order valence-corrected chi connectivity index (χ4v) is 4.45. The first-order valence-electron chi connectivity index (χ1n) is 10.0. The van der Waals surface area contributed by atoms with Crippen LogP contribution in [0.25, 0.3) is 0 Å². The molecule has 0 fully saturated rings. The Kier molecular flexibility index (Phi) is 6.15. The summed E-state index contributed by atoms with van der Waals surface area (Å²) in [6.45, 7) is 1.85. The first kappa shape index (κ1) is 19.5. The molecule has 0 aliphatic carbocycles. The second-order valence-electron chi connectivity index (χ2n) is 7.37. The van der Waals surface area contributed by atoms with Crippen LogP contribution in [-0.2, 0) is 24.2 Å². The van der Waals surface area contributed by atoms with Crippen LogP contribution in [-0.4, -0.2) is 31.1 Å². The molecular weight excluding hydrogens is 380 g/mol. The van der Waals surface area contributed by atoms with Gasteiger partial charge < -0.3 is 14.5 Å². The summed E-state index contributed by atoms with van der Waals surface area (Å²) in [6.07, 6.45) is 2.71.